The summed E-state index contributed by atoms with van der Waals surface area (Å²) in [6.07, 6.45) is 2.44. The molecule has 1 aliphatic rings. The molecule has 1 rings (SSSR count). The molecule has 1 fully saturated rings. The Morgan fingerprint density at radius 3 is 2.47 bits per heavy atom. The summed E-state index contributed by atoms with van der Waals surface area (Å²) in [4.78, 5) is 14.0. The molecule has 112 valence electrons. The van der Waals surface area contributed by atoms with E-state index in [1.54, 1.807) is 0 Å². The van der Waals surface area contributed by atoms with Crippen LogP contribution in [0.15, 0.2) is 0 Å². The van der Waals surface area contributed by atoms with E-state index in [4.69, 9.17) is 10.5 Å². The number of primary amides is 1. The van der Waals surface area contributed by atoms with Crippen LogP contribution in [0.3, 0.4) is 0 Å². The first-order valence-corrected chi connectivity index (χ1v) is 7.29. The van der Waals surface area contributed by atoms with Gasteiger partial charge in [0.15, 0.2) is 0 Å². The molecule has 1 heterocycles. The highest BCUT2D eigenvalue weighted by Crippen LogP contribution is 2.17. The van der Waals surface area contributed by atoms with Crippen molar-refractivity contribution in [3.8, 4) is 0 Å². The van der Waals surface area contributed by atoms with E-state index >= 15 is 0 Å². The van der Waals surface area contributed by atoms with Crippen LogP contribution in [0.2, 0.25) is 0 Å². The van der Waals surface area contributed by atoms with Gasteiger partial charge in [-0.15, -0.1) is 0 Å². The molecular weight excluding hydrogens is 242 g/mol. The average molecular weight is 271 g/mol. The van der Waals surface area contributed by atoms with E-state index < -0.39 is 5.54 Å². The minimum Gasteiger partial charge on any atom is -0.378 e. The van der Waals surface area contributed by atoms with Gasteiger partial charge in [0.1, 0.15) is 5.54 Å². The van der Waals surface area contributed by atoms with Gasteiger partial charge in [-0.25, -0.2) is 0 Å². The topological polar surface area (TPSA) is 67.6 Å². The minimum atomic E-state index is -0.660. The fraction of sp³-hybridized carbons (Fsp3) is 0.929. The molecule has 19 heavy (non-hydrogen) atoms. The number of rotatable bonds is 7. The summed E-state index contributed by atoms with van der Waals surface area (Å²) in [5.41, 5.74) is 4.90. The number of amides is 1. The molecule has 0 aromatic carbocycles. The molecule has 0 spiro atoms. The quantitative estimate of drug-likeness (QED) is 0.716. The van der Waals surface area contributed by atoms with Gasteiger partial charge in [0, 0.05) is 32.3 Å². The second kappa shape index (κ2) is 7.22. The maximum Gasteiger partial charge on any atom is 0.238 e. The van der Waals surface area contributed by atoms with Crippen LogP contribution in [0, 0.1) is 0 Å². The Hall–Kier alpha value is -0.650. The Morgan fingerprint density at radius 1 is 1.47 bits per heavy atom. The zero-order chi connectivity index (χ0) is 14.5. The largest absolute Gasteiger partial charge is 0.378 e. The lowest BCUT2D eigenvalue weighted by molar-refractivity contribution is -0.125. The molecule has 0 aromatic heterocycles. The van der Waals surface area contributed by atoms with Crippen LogP contribution in [-0.2, 0) is 9.53 Å². The van der Waals surface area contributed by atoms with E-state index in [1.165, 1.54) is 0 Å². The summed E-state index contributed by atoms with van der Waals surface area (Å²) < 4.78 is 5.64. The fourth-order valence-electron chi connectivity index (χ4n) is 2.75. The third-order valence-corrected chi connectivity index (χ3v) is 3.63. The van der Waals surface area contributed by atoms with Crippen LogP contribution < -0.4 is 11.1 Å². The SMILES string of the molecule is CCOC1CCN(CC(C)(NC(C)C)C(N)=O)CC1. The van der Waals surface area contributed by atoms with Crippen molar-refractivity contribution in [3.63, 3.8) is 0 Å². The highest BCUT2D eigenvalue weighted by Gasteiger charge is 2.34. The number of piperidine rings is 1. The Balaban J connectivity index is 2.50. The van der Waals surface area contributed by atoms with Crippen molar-refractivity contribution in [2.24, 2.45) is 5.73 Å². The standard InChI is InChI=1S/C14H29N3O2/c1-5-19-12-6-8-17(9-7-12)10-14(4,13(15)18)16-11(2)3/h11-12,16H,5-10H2,1-4H3,(H2,15,18). The number of carbonyl (C=O) groups is 1. The van der Waals surface area contributed by atoms with Crippen LogP contribution in [0.5, 0.6) is 0 Å². The second-order valence-electron chi connectivity index (χ2n) is 5.93. The van der Waals surface area contributed by atoms with E-state index in [0.717, 1.165) is 32.5 Å². The number of nitrogens with zero attached hydrogens (tertiary/aromatic N) is 1. The number of ether oxygens (including phenoxy) is 1. The Kier molecular flexibility index (Phi) is 6.23. The van der Waals surface area contributed by atoms with Gasteiger partial charge in [-0.05, 0) is 40.5 Å². The number of carbonyl (C=O) groups excluding carboxylic acids is 1. The van der Waals surface area contributed by atoms with E-state index in [0.29, 0.717) is 12.6 Å². The van der Waals surface area contributed by atoms with Crippen molar-refractivity contribution in [2.45, 2.75) is 58.2 Å². The molecule has 0 radical (unpaired) electrons. The van der Waals surface area contributed by atoms with Gasteiger partial charge in [0.2, 0.25) is 5.91 Å². The molecule has 1 unspecified atom stereocenters. The molecule has 5 nitrogen and oxygen atoms in total. The van der Waals surface area contributed by atoms with Crippen molar-refractivity contribution in [2.75, 3.05) is 26.2 Å². The lowest BCUT2D eigenvalue weighted by Gasteiger charge is -2.38. The maximum atomic E-state index is 11.7. The third-order valence-electron chi connectivity index (χ3n) is 3.63. The summed E-state index contributed by atoms with van der Waals surface area (Å²) in [7, 11) is 0. The molecule has 0 aliphatic carbocycles. The zero-order valence-corrected chi connectivity index (χ0v) is 12.7. The number of likely N-dealkylation sites (tertiary alicyclic amines) is 1. The van der Waals surface area contributed by atoms with Crippen molar-refractivity contribution >= 4 is 5.91 Å². The van der Waals surface area contributed by atoms with Gasteiger partial charge in [0.05, 0.1) is 6.10 Å². The highest BCUT2D eigenvalue weighted by molar-refractivity contribution is 5.84. The lowest BCUT2D eigenvalue weighted by Crippen LogP contribution is -2.62. The van der Waals surface area contributed by atoms with Gasteiger partial charge >= 0.3 is 0 Å². The number of nitrogens with one attached hydrogen (secondary N) is 1. The number of nitrogens with two attached hydrogens (primary N) is 1. The second-order valence-corrected chi connectivity index (χ2v) is 5.93. The number of hydrogen-bond donors (Lipinski definition) is 2. The van der Waals surface area contributed by atoms with E-state index in [9.17, 15) is 4.79 Å². The summed E-state index contributed by atoms with van der Waals surface area (Å²) >= 11 is 0. The third kappa shape index (κ3) is 5.09. The normalized spacial score (nSPS) is 21.5. The lowest BCUT2D eigenvalue weighted by atomic mass is 9.97. The first-order valence-electron chi connectivity index (χ1n) is 7.29. The molecular formula is C14H29N3O2. The van der Waals surface area contributed by atoms with Gasteiger partial charge in [0.25, 0.3) is 0 Å². The summed E-state index contributed by atoms with van der Waals surface area (Å²) in [6.45, 7) is 11.4. The average Bonchev–Trinajstić information content (AvgIpc) is 2.31. The first kappa shape index (κ1) is 16.4. The monoisotopic (exact) mass is 271 g/mol. The van der Waals surface area contributed by atoms with Gasteiger partial charge in [-0.2, -0.15) is 0 Å². The molecule has 1 amide bonds. The Bertz CT molecular complexity index is 288. The molecule has 1 atom stereocenters. The Labute approximate surface area is 116 Å². The molecule has 0 saturated carbocycles. The Morgan fingerprint density at radius 2 is 2.05 bits per heavy atom. The van der Waals surface area contributed by atoms with Crippen molar-refractivity contribution in [3.05, 3.63) is 0 Å². The predicted octanol–water partition coefficient (Wildman–Crippen LogP) is 0.729. The van der Waals surface area contributed by atoms with Crippen LogP contribution in [0.1, 0.15) is 40.5 Å². The van der Waals surface area contributed by atoms with E-state index in [2.05, 4.69) is 10.2 Å². The smallest absolute Gasteiger partial charge is 0.238 e. The molecule has 1 saturated heterocycles. The van der Waals surface area contributed by atoms with Crippen LogP contribution in [0.4, 0.5) is 0 Å². The number of hydrogen-bond acceptors (Lipinski definition) is 4. The molecule has 3 N–H and O–H groups in total. The zero-order valence-electron chi connectivity index (χ0n) is 12.7. The van der Waals surface area contributed by atoms with Gasteiger partial charge in [-0.1, -0.05) is 0 Å². The predicted molar refractivity (Wildman–Crippen MR) is 77.0 cm³/mol. The summed E-state index contributed by atoms with van der Waals surface area (Å²) in [5.74, 6) is -0.284. The van der Waals surface area contributed by atoms with Crippen molar-refractivity contribution in [1.29, 1.82) is 0 Å². The maximum absolute atomic E-state index is 11.7. The van der Waals surface area contributed by atoms with Crippen LogP contribution in [0.25, 0.3) is 0 Å². The van der Waals surface area contributed by atoms with Crippen LogP contribution in [-0.4, -0.2) is 54.7 Å². The molecule has 0 aromatic rings. The van der Waals surface area contributed by atoms with Crippen LogP contribution >= 0.6 is 0 Å². The van der Waals surface area contributed by atoms with E-state index in [-0.39, 0.29) is 11.9 Å². The molecule has 1 aliphatic heterocycles. The molecule has 5 heteroatoms. The van der Waals surface area contributed by atoms with Gasteiger partial charge in [-0.3, -0.25) is 4.79 Å². The summed E-state index contributed by atoms with van der Waals surface area (Å²) in [6, 6.07) is 0.235. The van der Waals surface area contributed by atoms with Crippen molar-refractivity contribution < 1.29 is 9.53 Å². The van der Waals surface area contributed by atoms with Gasteiger partial charge < -0.3 is 20.7 Å². The van der Waals surface area contributed by atoms with E-state index in [1.807, 2.05) is 27.7 Å². The highest BCUT2D eigenvalue weighted by atomic mass is 16.5. The van der Waals surface area contributed by atoms with Crippen molar-refractivity contribution in [1.82, 2.24) is 10.2 Å². The molecule has 0 bridgehead atoms. The fourth-order valence-corrected chi connectivity index (χ4v) is 2.75. The summed E-state index contributed by atoms with van der Waals surface area (Å²) in [5, 5.41) is 3.29. The first-order chi connectivity index (χ1) is 8.87. The minimum absolute atomic E-state index is 0.235.